The minimum atomic E-state index is 1.07. The zero-order chi connectivity index (χ0) is 13.1. The molecule has 0 unspecified atom stereocenters. The molecule has 0 heterocycles. The average Bonchev–Trinajstić information content (AvgIpc) is 2.46. The number of halogens is 1. The van der Waals surface area contributed by atoms with Gasteiger partial charge in [-0.2, -0.15) is 0 Å². The highest BCUT2D eigenvalue weighted by Crippen LogP contribution is 2.26. The van der Waals surface area contributed by atoms with Crippen LogP contribution in [0.5, 0.6) is 0 Å². The predicted octanol–water partition coefficient (Wildman–Crippen LogP) is 5.83. The summed E-state index contributed by atoms with van der Waals surface area (Å²) >= 11 is 3.32. The van der Waals surface area contributed by atoms with Crippen molar-refractivity contribution in [3.8, 4) is 0 Å². The van der Waals surface area contributed by atoms with Gasteiger partial charge >= 0.3 is 0 Å². The van der Waals surface area contributed by atoms with Gasteiger partial charge in [-0.05, 0) is 57.1 Å². The van der Waals surface area contributed by atoms with E-state index in [1.165, 1.54) is 27.1 Å². The largest absolute Gasteiger partial charge is 0.0773 e. The van der Waals surface area contributed by atoms with Gasteiger partial charge in [-0.1, -0.05) is 64.5 Å². The number of rotatable bonds is 3. The molecule has 0 aliphatic rings. The van der Waals surface area contributed by atoms with Gasteiger partial charge in [0.15, 0.2) is 0 Å². The highest BCUT2D eigenvalue weighted by atomic mass is 79.9. The van der Waals surface area contributed by atoms with E-state index >= 15 is 0 Å². The summed E-state index contributed by atoms with van der Waals surface area (Å²) in [6.45, 7) is 0. The lowest BCUT2D eigenvalue weighted by atomic mass is 9.97. The van der Waals surface area contributed by atoms with Gasteiger partial charge in [0.2, 0.25) is 0 Å². The number of fused-ring (bicyclic) bond motifs is 2. The smallest absolute Gasteiger partial charge is 0.0145 e. The highest BCUT2D eigenvalue weighted by Gasteiger charge is 2.02. The summed E-state index contributed by atoms with van der Waals surface area (Å²) in [6.07, 6.45) is 4.30. The van der Waals surface area contributed by atoms with E-state index in [9.17, 15) is 0 Å². The average molecular weight is 311 g/mol. The third-order valence-electron chi connectivity index (χ3n) is 3.51. The molecule has 3 aromatic carbocycles. The Bertz CT molecular complexity index is 741. The van der Waals surface area contributed by atoms with Gasteiger partial charge in [0.25, 0.3) is 0 Å². The van der Waals surface area contributed by atoms with Crippen molar-refractivity contribution in [2.75, 3.05) is 0 Å². The number of hydrogen-bond donors (Lipinski definition) is 0. The Kier molecular flexibility index (Phi) is 3.65. The van der Waals surface area contributed by atoms with E-state index in [0.717, 1.165) is 12.8 Å². The molecule has 0 bridgehead atoms. The quantitative estimate of drug-likeness (QED) is 0.533. The lowest BCUT2D eigenvalue weighted by molar-refractivity contribution is 1.01. The molecule has 3 aromatic rings. The van der Waals surface area contributed by atoms with Crippen molar-refractivity contribution in [2.24, 2.45) is 0 Å². The molecule has 0 atom stereocenters. The van der Waals surface area contributed by atoms with Gasteiger partial charge in [-0.25, -0.2) is 0 Å². The zero-order valence-electron chi connectivity index (χ0n) is 10.6. The molecule has 0 saturated carbocycles. The van der Waals surface area contributed by atoms with Crippen LogP contribution in [0.15, 0.2) is 65.7 Å². The SMILES string of the molecule is BrC=CCCc1cccc2cc3ccccc3cc12. The van der Waals surface area contributed by atoms with Crippen molar-refractivity contribution in [2.45, 2.75) is 12.8 Å². The van der Waals surface area contributed by atoms with Crippen LogP contribution >= 0.6 is 15.9 Å². The molecule has 0 fully saturated rings. The van der Waals surface area contributed by atoms with Gasteiger partial charge in [0.05, 0.1) is 0 Å². The van der Waals surface area contributed by atoms with Gasteiger partial charge in [0.1, 0.15) is 0 Å². The van der Waals surface area contributed by atoms with Crippen molar-refractivity contribution in [1.82, 2.24) is 0 Å². The Hall–Kier alpha value is -1.60. The molecule has 0 aliphatic carbocycles. The summed E-state index contributed by atoms with van der Waals surface area (Å²) < 4.78 is 0. The van der Waals surface area contributed by atoms with Crippen molar-refractivity contribution in [1.29, 1.82) is 0 Å². The second-order valence-electron chi connectivity index (χ2n) is 4.74. The van der Waals surface area contributed by atoms with Crippen LogP contribution in [0.1, 0.15) is 12.0 Å². The van der Waals surface area contributed by atoms with Crippen LogP contribution in [-0.4, -0.2) is 0 Å². The topological polar surface area (TPSA) is 0 Å². The van der Waals surface area contributed by atoms with Crippen LogP contribution < -0.4 is 0 Å². The molecule has 94 valence electrons. The second-order valence-corrected chi connectivity index (χ2v) is 5.27. The van der Waals surface area contributed by atoms with E-state index in [1.54, 1.807) is 0 Å². The Balaban J connectivity index is 2.14. The van der Waals surface area contributed by atoms with Crippen LogP contribution in [-0.2, 0) is 6.42 Å². The van der Waals surface area contributed by atoms with Crippen LogP contribution in [0.25, 0.3) is 21.5 Å². The molecule has 0 radical (unpaired) electrons. The minimum absolute atomic E-state index is 1.07. The third kappa shape index (κ3) is 2.57. The Labute approximate surface area is 121 Å². The van der Waals surface area contributed by atoms with Crippen LogP contribution in [0, 0.1) is 0 Å². The summed E-state index contributed by atoms with van der Waals surface area (Å²) in [5.74, 6) is 0. The van der Waals surface area contributed by atoms with E-state index in [4.69, 9.17) is 0 Å². The maximum atomic E-state index is 3.32. The van der Waals surface area contributed by atoms with E-state index < -0.39 is 0 Å². The first-order valence-electron chi connectivity index (χ1n) is 6.54. The third-order valence-corrected chi connectivity index (χ3v) is 3.88. The lowest BCUT2D eigenvalue weighted by Crippen LogP contribution is -1.86. The maximum absolute atomic E-state index is 3.32. The van der Waals surface area contributed by atoms with Crippen LogP contribution in [0.4, 0.5) is 0 Å². The first-order valence-corrected chi connectivity index (χ1v) is 7.46. The Morgan fingerprint density at radius 3 is 2.37 bits per heavy atom. The van der Waals surface area contributed by atoms with Crippen LogP contribution in [0.2, 0.25) is 0 Å². The molecule has 1 heteroatoms. The van der Waals surface area contributed by atoms with E-state index in [0.29, 0.717) is 0 Å². The summed E-state index contributed by atoms with van der Waals surface area (Å²) in [6, 6.07) is 19.8. The van der Waals surface area contributed by atoms with Gasteiger partial charge < -0.3 is 0 Å². The summed E-state index contributed by atoms with van der Waals surface area (Å²) in [7, 11) is 0. The molecule has 0 spiro atoms. The minimum Gasteiger partial charge on any atom is -0.0773 e. The molecule has 3 rings (SSSR count). The Morgan fingerprint density at radius 2 is 1.58 bits per heavy atom. The number of aryl methyl sites for hydroxylation is 1. The predicted molar refractivity (Wildman–Crippen MR) is 87.8 cm³/mol. The first kappa shape index (κ1) is 12.4. The molecule has 0 nitrogen and oxygen atoms in total. The van der Waals surface area contributed by atoms with Gasteiger partial charge in [-0.3, -0.25) is 0 Å². The molecule has 0 aliphatic heterocycles. The van der Waals surface area contributed by atoms with Crippen molar-refractivity contribution >= 4 is 37.5 Å². The molecule has 0 N–H and O–H groups in total. The fourth-order valence-electron chi connectivity index (χ4n) is 2.55. The lowest BCUT2D eigenvalue weighted by Gasteiger charge is -2.07. The van der Waals surface area contributed by atoms with Crippen molar-refractivity contribution in [3.05, 3.63) is 71.2 Å². The molecular weight excluding hydrogens is 296 g/mol. The van der Waals surface area contributed by atoms with E-state index in [2.05, 4.69) is 76.6 Å². The van der Waals surface area contributed by atoms with Gasteiger partial charge in [0, 0.05) is 0 Å². The van der Waals surface area contributed by atoms with Gasteiger partial charge in [-0.15, -0.1) is 0 Å². The Morgan fingerprint density at radius 1 is 0.842 bits per heavy atom. The van der Waals surface area contributed by atoms with E-state index in [-0.39, 0.29) is 0 Å². The number of hydrogen-bond acceptors (Lipinski definition) is 0. The normalized spacial score (nSPS) is 11.6. The monoisotopic (exact) mass is 310 g/mol. The van der Waals surface area contributed by atoms with Crippen molar-refractivity contribution < 1.29 is 0 Å². The number of benzene rings is 3. The highest BCUT2D eigenvalue weighted by molar-refractivity contribution is 9.11. The molecule has 0 amide bonds. The first-order chi connectivity index (χ1) is 9.38. The molecular formula is C18H15Br. The fourth-order valence-corrected chi connectivity index (χ4v) is 2.82. The molecule has 0 aromatic heterocycles. The standard InChI is InChI=1S/C18H15Br/c19-11-4-3-6-14-9-5-10-17-12-15-7-1-2-8-16(15)13-18(14)17/h1-2,4-5,7-13H,3,6H2. The van der Waals surface area contributed by atoms with Crippen LogP contribution in [0.3, 0.4) is 0 Å². The molecule has 0 saturated heterocycles. The number of allylic oxidation sites excluding steroid dienone is 1. The second kappa shape index (κ2) is 5.58. The zero-order valence-corrected chi connectivity index (χ0v) is 12.2. The summed E-state index contributed by atoms with van der Waals surface area (Å²) in [4.78, 5) is 1.94. The van der Waals surface area contributed by atoms with E-state index in [1.807, 2.05) is 4.99 Å². The summed E-state index contributed by atoms with van der Waals surface area (Å²) in [5.41, 5.74) is 1.42. The summed E-state index contributed by atoms with van der Waals surface area (Å²) in [5, 5.41) is 5.34. The van der Waals surface area contributed by atoms with Crippen molar-refractivity contribution in [3.63, 3.8) is 0 Å². The molecule has 19 heavy (non-hydrogen) atoms. The fraction of sp³-hybridized carbons (Fsp3) is 0.111. The maximum Gasteiger partial charge on any atom is -0.0145 e.